The van der Waals surface area contributed by atoms with Crippen LogP contribution in [0.15, 0.2) is 30.3 Å². The average molecular weight is 369 g/mol. The van der Waals surface area contributed by atoms with Crippen LogP contribution in [0.1, 0.15) is 57.8 Å². The standard InChI is InChI=1S/C21H24N2O2S/c24-20-7-4-12-23(20)17-10-8-15(9-11-17)14-22-21(25)19-13-16-5-2-1-3-6-18(16)26-19/h8-11,13H,1-7,12,14H2,(H,22,25). The zero-order valence-electron chi connectivity index (χ0n) is 14.9. The molecule has 2 amide bonds. The maximum atomic E-state index is 12.5. The van der Waals surface area contributed by atoms with Crippen molar-refractivity contribution in [1.82, 2.24) is 5.32 Å². The summed E-state index contributed by atoms with van der Waals surface area (Å²) in [6, 6.07) is 10.0. The normalized spacial score (nSPS) is 17.1. The maximum Gasteiger partial charge on any atom is 0.261 e. The fraction of sp³-hybridized carbons (Fsp3) is 0.429. The number of carbonyl (C=O) groups is 2. The molecule has 5 heteroatoms. The number of aryl methyl sites for hydroxylation is 2. The van der Waals surface area contributed by atoms with E-state index in [9.17, 15) is 9.59 Å². The first-order chi connectivity index (χ1) is 12.7. The Labute approximate surface area is 158 Å². The van der Waals surface area contributed by atoms with Crippen LogP contribution in [-0.2, 0) is 24.2 Å². The van der Waals surface area contributed by atoms with Gasteiger partial charge in [0.2, 0.25) is 5.91 Å². The van der Waals surface area contributed by atoms with Gasteiger partial charge in [-0.2, -0.15) is 0 Å². The number of fused-ring (bicyclic) bond motifs is 1. The van der Waals surface area contributed by atoms with Gasteiger partial charge in [-0.3, -0.25) is 9.59 Å². The number of carbonyl (C=O) groups excluding carboxylic acids is 2. The van der Waals surface area contributed by atoms with E-state index in [0.29, 0.717) is 13.0 Å². The van der Waals surface area contributed by atoms with Gasteiger partial charge < -0.3 is 10.2 Å². The number of nitrogens with one attached hydrogen (secondary N) is 1. The summed E-state index contributed by atoms with van der Waals surface area (Å²) in [5.41, 5.74) is 3.37. The molecule has 1 aliphatic carbocycles. The zero-order chi connectivity index (χ0) is 17.9. The summed E-state index contributed by atoms with van der Waals surface area (Å²) in [7, 11) is 0. The van der Waals surface area contributed by atoms with Crippen molar-refractivity contribution in [2.75, 3.05) is 11.4 Å². The maximum absolute atomic E-state index is 12.5. The minimum atomic E-state index is 0.0156. The molecule has 1 fully saturated rings. The van der Waals surface area contributed by atoms with E-state index in [1.54, 1.807) is 11.3 Å². The molecule has 1 aromatic heterocycles. The van der Waals surface area contributed by atoms with E-state index < -0.39 is 0 Å². The van der Waals surface area contributed by atoms with Crippen LogP contribution < -0.4 is 10.2 Å². The molecule has 2 aromatic rings. The van der Waals surface area contributed by atoms with Gasteiger partial charge in [-0.1, -0.05) is 18.6 Å². The third-order valence-electron chi connectivity index (χ3n) is 5.24. The molecule has 0 unspecified atom stereocenters. The molecule has 136 valence electrons. The molecule has 1 aromatic carbocycles. The van der Waals surface area contributed by atoms with Crippen LogP contribution in [0.3, 0.4) is 0 Å². The Bertz CT molecular complexity index is 786. The molecule has 1 saturated heterocycles. The van der Waals surface area contributed by atoms with Crippen LogP contribution in [0.4, 0.5) is 5.69 Å². The molecule has 0 spiro atoms. The molecule has 0 saturated carbocycles. The van der Waals surface area contributed by atoms with Crippen LogP contribution in [0.5, 0.6) is 0 Å². The predicted octanol–water partition coefficient (Wildman–Crippen LogP) is 4.07. The van der Waals surface area contributed by atoms with Crippen molar-refractivity contribution in [3.05, 3.63) is 51.2 Å². The van der Waals surface area contributed by atoms with Crippen LogP contribution in [-0.4, -0.2) is 18.4 Å². The van der Waals surface area contributed by atoms with Crippen molar-refractivity contribution in [2.45, 2.75) is 51.5 Å². The summed E-state index contributed by atoms with van der Waals surface area (Å²) in [6.07, 6.45) is 7.56. The van der Waals surface area contributed by atoms with Gasteiger partial charge in [-0.05, 0) is 61.4 Å². The van der Waals surface area contributed by atoms with Crippen molar-refractivity contribution >= 4 is 28.8 Å². The Kier molecular flexibility index (Phi) is 5.07. The molecule has 0 bridgehead atoms. The Morgan fingerprint density at radius 3 is 2.62 bits per heavy atom. The molecule has 2 heterocycles. The van der Waals surface area contributed by atoms with Gasteiger partial charge >= 0.3 is 0 Å². The Hall–Kier alpha value is -2.14. The summed E-state index contributed by atoms with van der Waals surface area (Å²) in [5.74, 6) is 0.213. The highest BCUT2D eigenvalue weighted by atomic mass is 32.1. The highest BCUT2D eigenvalue weighted by molar-refractivity contribution is 7.14. The van der Waals surface area contributed by atoms with Gasteiger partial charge in [0.15, 0.2) is 0 Å². The topological polar surface area (TPSA) is 49.4 Å². The van der Waals surface area contributed by atoms with E-state index in [1.165, 1.54) is 29.7 Å². The summed E-state index contributed by atoms with van der Waals surface area (Å²) >= 11 is 1.66. The minimum absolute atomic E-state index is 0.0156. The van der Waals surface area contributed by atoms with Gasteiger partial charge in [0.1, 0.15) is 0 Å². The lowest BCUT2D eigenvalue weighted by Crippen LogP contribution is -2.24. The molecular formula is C21H24N2O2S. The number of hydrogen-bond donors (Lipinski definition) is 1. The summed E-state index contributed by atoms with van der Waals surface area (Å²) in [5, 5.41) is 3.03. The molecule has 0 atom stereocenters. The molecule has 1 aliphatic heterocycles. The number of thiophene rings is 1. The molecule has 26 heavy (non-hydrogen) atoms. The van der Waals surface area contributed by atoms with Crippen LogP contribution in [0.25, 0.3) is 0 Å². The van der Waals surface area contributed by atoms with Crippen molar-refractivity contribution in [3.63, 3.8) is 0 Å². The minimum Gasteiger partial charge on any atom is -0.347 e. The number of nitrogens with zero attached hydrogens (tertiary/aromatic N) is 1. The second-order valence-corrected chi connectivity index (χ2v) is 8.25. The fourth-order valence-electron chi connectivity index (χ4n) is 3.76. The van der Waals surface area contributed by atoms with E-state index in [4.69, 9.17) is 0 Å². The second kappa shape index (κ2) is 7.62. The number of anilines is 1. The first kappa shape index (κ1) is 17.3. The second-order valence-electron chi connectivity index (χ2n) is 7.12. The van der Waals surface area contributed by atoms with Crippen LogP contribution in [0, 0.1) is 0 Å². The van der Waals surface area contributed by atoms with Crippen molar-refractivity contribution in [1.29, 1.82) is 0 Å². The van der Waals surface area contributed by atoms with Gasteiger partial charge in [0, 0.05) is 30.1 Å². The lowest BCUT2D eigenvalue weighted by Gasteiger charge is -2.16. The van der Waals surface area contributed by atoms with Crippen LogP contribution >= 0.6 is 11.3 Å². The number of hydrogen-bond acceptors (Lipinski definition) is 3. The molecule has 1 N–H and O–H groups in total. The van der Waals surface area contributed by atoms with E-state index in [0.717, 1.165) is 41.9 Å². The number of amides is 2. The highest BCUT2D eigenvalue weighted by Crippen LogP contribution is 2.29. The summed E-state index contributed by atoms with van der Waals surface area (Å²) in [6.45, 7) is 1.31. The lowest BCUT2D eigenvalue weighted by molar-refractivity contribution is -0.117. The van der Waals surface area contributed by atoms with E-state index in [1.807, 2.05) is 29.2 Å². The van der Waals surface area contributed by atoms with Gasteiger partial charge in [0.25, 0.3) is 5.91 Å². The van der Waals surface area contributed by atoms with Gasteiger partial charge in [-0.15, -0.1) is 11.3 Å². The number of benzene rings is 1. The first-order valence-corrected chi connectivity index (χ1v) is 10.3. The van der Waals surface area contributed by atoms with Crippen molar-refractivity contribution in [3.8, 4) is 0 Å². The quantitative estimate of drug-likeness (QED) is 0.827. The molecule has 4 nitrogen and oxygen atoms in total. The summed E-state index contributed by atoms with van der Waals surface area (Å²) in [4.78, 5) is 28.4. The molecule has 0 radical (unpaired) electrons. The third-order valence-corrected chi connectivity index (χ3v) is 6.48. The summed E-state index contributed by atoms with van der Waals surface area (Å²) < 4.78 is 0. The Morgan fingerprint density at radius 1 is 1.04 bits per heavy atom. The zero-order valence-corrected chi connectivity index (χ0v) is 15.7. The van der Waals surface area contributed by atoms with Crippen molar-refractivity contribution < 1.29 is 9.59 Å². The smallest absolute Gasteiger partial charge is 0.261 e. The first-order valence-electron chi connectivity index (χ1n) is 9.50. The lowest BCUT2D eigenvalue weighted by atomic mass is 10.1. The fourth-order valence-corrected chi connectivity index (χ4v) is 4.93. The third kappa shape index (κ3) is 3.68. The Balaban J connectivity index is 1.36. The van der Waals surface area contributed by atoms with E-state index in [2.05, 4.69) is 11.4 Å². The number of rotatable bonds is 4. The van der Waals surface area contributed by atoms with E-state index >= 15 is 0 Å². The van der Waals surface area contributed by atoms with Crippen molar-refractivity contribution in [2.24, 2.45) is 0 Å². The SMILES string of the molecule is O=C(NCc1ccc(N2CCCC2=O)cc1)c1cc2c(s1)CCCCC2. The monoisotopic (exact) mass is 368 g/mol. The van der Waals surface area contributed by atoms with Gasteiger partial charge in [0.05, 0.1) is 4.88 Å². The van der Waals surface area contributed by atoms with E-state index in [-0.39, 0.29) is 11.8 Å². The Morgan fingerprint density at radius 2 is 1.85 bits per heavy atom. The molecule has 4 rings (SSSR count). The van der Waals surface area contributed by atoms with Crippen LogP contribution in [0.2, 0.25) is 0 Å². The molecular weight excluding hydrogens is 344 g/mol. The largest absolute Gasteiger partial charge is 0.347 e. The average Bonchev–Trinajstić information content (AvgIpc) is 3.20. The van der Waals surface area contributed by atoms with Gasteiger partial charge in [-0.25, -0.2) is 0 Å². The molecule has 2 aliphatic rings. The highest BCUT2D eigenvalue weighted by Gasteiger charge is 2.21. The predicted molar refractivity (Wildman–Crippen MR) is 105 cm³/mol.